The molecule has 0 saturated carbocycles. The number of fused-ring (bicyclic) bond motifs is 4. The van der Waals surface area contributed by atoms with Crippen LogP contribution in [0.4, 0.5) is 5.69 Å². The summed E-state index contributed by atoms with van der Waals surface area (Å²) in [5, 5.41) is 2.99. The van der Waals surface area contributed by atoms with Gasteiger partial charge >= 0.3 is 0 Å². The second-order valence-electron chi connectivity index (χ2n) is 21.4. The first-order valence-corrected chi connectivity index (χ1v) is 23.7. The summed E-state index contributed by atoms with van der Waals surface area (Å²) in [6.45, 7) is 30.8. The van der Waals surface area contributed by atoms with Crippen LogP contribution >= 0.6 is 19.7 Å². The number of rotatable bonds is 7. The van der Waals surface area contributed by atoms with Crippen LogP contribution in [0.15, 0.2) is 102 Å². The maximum atomic E-state index is 6.95. The zero-order valence-electron chi connectivity index (χ0n) is 37.3. The molecule has 0 saturated heterocycles. The van der Waals surface area contributed by atoms with E-state index in [0.29, 0.717) is 0 Å². The van der Waals surface area contributed by atoms with Crippen LogP contribution in [0.1, 0.15) is 152 Å². The Balaban J connectivity index is 1.52. The van der Waals surface area contributed by atoms with Gasteiger partial charge in [-0.25, -0.2) is 0 Å². The van der Waals surface area contributed by atoms with E-state index in [4.69, 9.17) is 5.73 Å². The third-order valence-corrected chi connectivity index (χ3v) is 17.2. The number of hydrogen-bond acceptors (Lipinski definition) is 2. The molecule has 0 fully saturated rings. The SMILES string of the molecule is Cc1ccc(SC(Cc2cccc3c2[C@]2(CCc4cccc(N)c42)CC3)P(c2cc(C(C)(C)C)cc(C(C)(C)C)c2)c2cc(C(C)(C)C)cc(C(C)(C)C)c2)cc1. The summed E-state index contributed by atoms with van der Waals surface area (Å²) >= 11 is 2.11. The van der Waals surface area contributed by atoms with Crippen LogP contribution in [-0.2, 0) is 46.3 Å². The molecule has 0 bridgehead atoms. The van der Waals surface area contributed by atoms with E-state index in [1.54, 1.807) is 5.56 Å². The van der Waals surface area contributed by atoms with Crippen molar-refractivity contribution < 1.29 is 0 Å². The van der Waals surface area contributed by atoms with Gasteiger partial charge in [0.1, 0.15) is 0 Å². The van der Waals surface area contributed by atoms with Crippen molar-refractivity contribution in [3.63, 3.8) is 0 Å². The summed E-state index contributed by atoms with van der Waals surface area (Å²) in [6.07, 6.45) is 5.51. The fourth-order valence-corrected chi connectivity index (χ4v) is 14.2. The van der Waals surface area contributed by atoms with Crippen molar-refractivity contribution in [2.45, 2.75) is 159 Å². The van der Waals surface area contributed by atoms with Crippen molar-refractivity contribution in [2.75, 3.05) is 5.73 Å². The third kappa shape index (κ3) is 8.43. The molecule has 2 atom stereocenters. The van der Waals surface area contributed by atoms with Gasteiger partial charge in [-0.2, -0.15) is 0 Å². The average Bonchev–Trinajstić information content (AvgIpc) is 3.69. The smallest absolute Gasteiger partial charge is 0.0416 e. The van der Waals surface area contributed by atoms with E-state index in [2.05, 4.69) is 199 Å². The van der Waals surface area contributed by atoms with Gasteiger partial charge in [-0.3, -0.25) is 0 Å². The van der Waals surface area contributed by atoms with E-state index in [0.717, 1.165) is 37.8 Å². The van der Waals surface area contributed by atoms with Gasteiger partial charge in [0.15, 0.2) is 0 Å². The molecule has 0 aromatic heterocycles. The van der Waals surface area contributed by atoms with Gasteiger partial charge in [-0.15, -0.1) is 11.8 Å². The molecule has 0 amide bonds. The van der Waals surface area contributed by atoms with Gasteiger partial charge in [0.25, 0.3) is 0 Å². The first-order valence-electron chi connectivity index (χ1n) is 21.4. The lowest BCUT2D eigenvalue weighted by molar-refractivity contribution is 0.505. The Morgan fingerprint density at radius 3 is 1.47 bits per heavy atom. The molecule has 1 nitrogen and oxygen atoms in total. The number of thioether (sulfide) groups is 1. The van der Waals surface area contributed by atoms with Crippen LogP contribution in [0.2, 0.25) is 0 Å². The Morgan fingerprint density at radius 1 is 0.579 bits per heavy atom. The van der Waals surface area contributed by atoms with Gasteiger partial charge < -0.3 is 5.73 Å². The molecule has 0 aliphatic heterocycles. The number of nitrogen functional groups attached to an aromatic ring is 1. The molecule has 7 rings (SSSR count). The lowest BCUT2D eigenvalue weighted by Gasteiger charge is -2.35. The van der Waals surface area contributed by atoms with Crippen LogP contribution in [0, 0.1) is 6.92 Å². The number of anilines is 1. The number of benzene rings is 5. The number of nitrogens with two attached hydrogens (primary N) is 1. The predicted molar refractivity (Wildman–Crippen MR) is 253 cm³/mol. The van der Waals surface area contributed by atoms with Crippen LogP contribution < -0.4 is 16.3 Å². The molecule has 5 aromatic rings. The summed E-state index contributed by atoms with van der Waals surface area (Å²) < 4.78 is 0. The monoisotopic (exact) mass is 793 g/mol. The highest BCUT2D eigenvalue weighted by atomic mass is 32.2. The first-order chi connectivity index (χ1) is 26.5. The topological polar surface area (TPSA) is 26.0 Å². The molecule has 57 heavy (non-hydrogen) atoms. The lowest BCUT2D eigenvalue weighted by atomic mass is 9.74. The Morgan fingerprint density at radius 2 is 1.02 bits per heavy atom. The lowest BCUT2D eigenvalue weighted by Crippen LogP contribution is -2.29. The molecule has 1 spiro atoms. The quantitative estimate of drug-likeness (QED) is 0.101. The van der Waals surface area contributed by atoms with Crippen LogP contribution in [0.5, 0.6) is 0 Å². The highest BCUT2D eigenvalue weighted by molar-refractivity contribution is 8.07. The summed E-state index contributed by atoms with van der Waals surface area (Å²) in [6, 6.07) is 38.6. The van der Waals surface area contributed by atoms with Gasteiger partial charge in [0.2, 0.25) is 0 Å². The average molecular weight is 794 g/mol. The molecular formula is C54H68NPS. The highest BCUT2D eigenvalue weighted by Gasteiger charge is 2.47. The summed E-state index contributed by atoms with van der Waals surface area (Å²) in [5.41, 5.74) is 22.5. The van der Waals surface area contributed by atoms with E-state index in [9.17, 15) is 0 Å². The first kappa shape index (κ1) is 41.8. The highest BCUT2D eigenvalue weighted by Crippen LogP contribution is 2.57. The molecular weight excluding hydrogens is 726 g/mol. The number of aryl methyl sites for hydroxylation is 3. The molecule has 0 heterocycles. The van der Waals surface area contributed by atoms with Gasteiger partial charge in [-0.05, 0) is 147 Å². The number of hydrogen-bond donors (Lipinski definition) is 1. The molecule has 2 aliphatic carbocycles. The van der Waals surface area contributed by atoms with Crippen LogP contribution in [0.25, 0.3) is 0 Å². The van der Waals surface area contributed by atoms with Crippen molar-refractivity contribution in [1.82, 2.24) is 0 Å². The third-order valence-electron chi connectivity index (χ3n) is 12.9. The molecule has 300 valence electrons. The summed E-state index contributed by atoms with van der Waals surface area (Å²) in [5.74, 6) is 0. The minimum absolute atomic E-state index is 0.00839. The van der Waals surface area contributed by atoms with E-state index in [1.807, 2.05) is 0 Å². The zero-order valence-corrected chi connectivity index (χ0v) is 39.0. The summed E-state index contributed by atoms with van der Waals surface area (Å²) in [4.78, 5) is 1.63. The molecule has 2 N–H and O–H groups in total. The zero-order chi connectivity index (χ0) is 41.3. The maximum Gasteiger partial charge on any atom is 0.0416 e. The van der Waals surface area contributed by atoms with E-state index in [-0.39, 0.29) is 32.1 Å². The Labute approximate surface area is 351 Å². The van der Waals surface area contributed by atoms with Gasteiger partial charge in [0, 0.05) is 21.0 Å². The second kappa shape index (κ2) is 15.1. The van der Waals surface area contributed by atoms with E-state index >= 15 is 0 Å². The van der Waals surface area contributed by atoms with Crippen LogP contribution in [0.3, 0.4) is 0 Å². The van der Waals surface area contributed by atoms with Crippen LogP contribution in [-0.4, -0.2) is 4.99 Å². The van der Waals surface area contributed by atoms with E-state index < -0.39 is 7.92 Å². The van der Waals surface area contributed by atoms with E-state index in [1.165, 1.54) is 65.6 Å². The molecule has 2 aliphatic rings. The minimum Gasteiger partial charge on any atom is -0.398 e. The fraction of sp³-hybridized carbons (Fsp3) is 0.444. The second-order valence-corrected chi connectivity index (χ2v) is 25.4. The van der Waals surface area contributed by atoms with Gasteiger partial charge in [0.05, 0.1) is 0 Å². The predicted octanol–water partition coefficient (Wildman–Crippen LogP) is 13.7. The summed E-state index contributed by atoms with van der Waals surface area (Å²) in [7, 11) is -0.874. The van der Waals surface area contributed by atoms with Gasteiger partial charge in [-0.1, -0.05) is 168 Å². The Bertz CT molecular complexity index is 2130. The van der Waals surface area contributed by atoms with Crippen molar-refractivity contribution >= 4 is 36.0 Å². The molecule has 5 aromatic carbocycles. The van der Waals surface area contributed by atoms with Crippen molar-refractivity contribution in [2.24, 2.45) is 0 Å². The minimum atomic E-state index is -0.874. The largest absolute Gasteiger partial charge is 0.398 e. The van der Waals surface area contributed by atoms with Crippen molar-refractivity contribution in [1.29, 1.82) is 0 Å². The van der Waals surface area contributed by atoms with Crippen molar-refractivity contribution in [3.05, 3.63) is 153 Å². The molecule has 0 radical (unpaired) electrons. The molecule has 1 unspecified atom stereocenters. The Kier molecular flexibility index (Phi) is 11.0. The molecule has 3 heteroatoms. The normalized spacial score (nSPS) is 17.6. The standard InChI is InChI=1S/C54H68NPS/c1-35-20-22-45(23-21-35)57-47(28-38-18-14-16-36-24-26-54(48(36)38)27-25-37-17-15-19-46(55)49(37)54)56(43-31-39(50(2,3)4)29-40(32-43)51(5,6)7)44-33-41(52(8,9)10)30-42(34-44)53(11,12)13/h14-23,29-34,47H,24-28,55H2,1-13H3/t47?,54-/m1/s1. The fourth-order valence-electron chi connectivity index (χ4n) is 9.37. The Hall–Kier alpha value is -3.32. The van der Waals surface area contributed by atoms with Crippen molar-refractivity contribution in [3.8, 4) is 0 Å². The maximum absolute atomic E-state index is 6.95.